The molecule has 0 spiro atoms. The fourth-order valence-corrected chi connectivity index (χ4v) is 1.87. The molecule has 0 saturated heterocycles. The minimum absolute atomic E-state index is 0.0749. The Morgan fingerprint density at radius 3 is 2.86 bits per heavy atom. The van der Waals surface area contributed by atoms with E-state index in [2.05, 4.69) is 5.32 Å². The van der Waals surface area contributed by atoms with Gasteiger partial charge in [-0.2, -0.15) is 0 Å². The summed E-state index contributed by atoms with van der Waals surface area (Å²) in [6, 6.07) is 6.96. The minimum atomic E-state index is -0.251. The molecule has 0 aliphatic rings. The molecule has 3 N–H and O–H groups in total. The minimum Gasteiger partial charge on any atom is -0.389 e. The van der Waals surface area contributed by atoms with Crippen molar-refractivity contribution in [2.24, 2.45) is 5.73 Å². The van der Waals surface area contributed by atoms with Gasteiger partial charge in [0, 0.05) is 24.4 Å². The van der Waals surface area contributed by atoms with Crippen LogP contribution in [0.15, 0.2) is 24.3 Å². The highest BCUT2D eigenvalue weighted by Crippen LogP contribution is 2.11. The highest BCUT2D eigenvalue weighted by atomic mass is 32.1. The summed E-state index contributed by atoms with van der Waals surface area (Å²) in [7, 11) is 1.90. The predicted octanol–water partition coefficient (Wildman–Crippen LogP) is 1.62. The number of rotatable bonds is 8. The smallest absolute Gasteiger partial charge is 0.241 e. The maximum atomic E-state index is 12.2. The first-order valence-corrected chi connectivity index (χ1v) is 7.35. The van der Waals surface area contributed by atoms with Gasteiger partial charge in [0.15, 0.2) is 0 Å². The van der Waals surface area contributed by atoms with E-state index >= 15 is 0 Å². The van der Waals surface area contributed by atoms with Crippen LogP contribution in [0.25, 0.3) is 0 Å². The first-order chi connectivity index (χ1) is 9.95. The molecule has 0 heterocycles. The van der Waals surface area contributed by atoms with Crippen molar-refractivity contribution < 1.29 is 9.53 Å². The van der Waals surface area contributed by atoms with E-state index in [1.165, 1.54) is 0 Å². The van der Waals surface area contributed by atoms with Crippen LogP contribution in [0.4, 0.5) is 5.69 Å². The third-order valence-electron chi connectivity index (χ3n) is 3.25. The lowest BCUT2D eigenvalue weighted by molar-refractivity contribution is -0.120. The van der Waals surface area contributed by atoms with Crippen LogP contribution in [-0.4, -0.2) is 48.6 Å². The van der Waals surface area contributed by atoms with E-state index in [1.54, 1.807) is 6.07 Å². The quantitative estimate of drug-likeness (QED) is 0.564. The van der Waals surface area contributed by atoms with Gasteiger partial charge in [-0.15, -0.1) is 0 Å². The van der Waals surface area contributed by atoms with Gasteiger partial charge in [0.2, 0.25) is 5.91 Å². The molecule has 5 nitrogen and oxygen atoms in total. The Labute approximate surface area is 131 Å². The average molecular weight is 309 g/mol. The Kier molecular flexibility index (Phi) is 7.28. The zero-order valence-corrected chi connectivity index (χ0v) is 13.6. The van der Waals surface area contributed by atoms with Gasteiger partial charge in [0.05, 0.1) is 12.6 Å². The molecule has 0 aromatic heterocycles. The summed E-state index contributed by atoms with van der Waals surface area (Å²) in [4.78, 5) is 14.5. The molecule has 0 radical (unpaired) electrons. The third kappa shape index (κ3) is 5.79. The largest absolute Gasteiger partial charge is 0.389 e. The highest BCUT2D eigenvalue weighted by Gasteiger charge is 2.17. The molecule has 1 aromatic carbocycles. The summed E-state index contributed by atoms with van der Waals surface area (Å²) in [6.45, 7) is 5.81. The number of amides is 1. The van der Waals surface area contributed by atoms with Crippen LogP contribution in [0.3, 0.4) is 0 Å². The van der Waals surface area contributed by atoms with Gasteiger partial charge in [0.1, 0.15) is 4.99 Å². The van der Waals surface area contributed by atoms with Gasteiger partial charge < -0.3 is 15.8 Å². The topological polar surface area (TPSA) is 67.6 Å². The van der Waals surface area contributed by atoms with E-state index in [4.69, 9.17) is 22.7 Å². The second kappa shape index (κ2) is 8.71. The highest BCUT2D eigenvalue weighted by molar-refractivity contribution is 7.80. The summed E-state index contributed by atoms with van der Waals surface area (Å²) >= 11 is 4.93. The summed E-state index contributed by atoms with van der Waals surface area (Å²) in [6.07, 6.45) is 0. The number of ether oxygens (including phenoxy) is 1. The molecule has 1 unspecified atom stereocenters. The predicted molar refractivity (Wildman–Crippen MR) is 89.5 cm³/mol. The molecule has 0 aliphatic heterocycles. The molecule has 1 aromatic rings. The van der Waals surface area contributed by atoms with Crippen LogP contribution in [0.5, 0.6) is 0 Å². The Hall–Kier alpha value is -1.50. The van der Waals surface area contributed by atoms with E-state index in [1.807, 2.05) is 44.0 Å². The van der Waals surface area contributed by atoms with Crippen LogP contribution in [0.1, 0.15) is 19.4 Å². The van der Waals surface area contributed by atoms with Gasteiger partial charge in [-0.25, -0.2) is 0 Å². The van der Waals surface area contributed by atoms with E-state index in [0.29, 0.717) is 30.4 Å². The van der Waals surface area contributed by atoms with Crippen molar-refractivity contribution in [2.75, 3.05) is 32.1 Å². The number of hydrogen-bond donors (Lipinski definition) is 2. The van der Waals surface area contributed by atoms with Crippen LogP contribution in [0.2, 0.25) is 0 Å². The van der Waals surface area contributed by atoms with Crippen molar-refractivity contribution in [3.05, 3.63) is 29.8 Å². The van der Waals surface area contributed by atoms with Crippen LogP contribution in [-0.2, 0) is 9.53 Å². The number of carbonyl (C=O) groups is 1. The van der Waals surface area contributed by atoms with Gasteiger partial charge >= 0.3 is 0 Å². The van der Waals surface area contributed by atoms with Crippen LogP contribution >= 0.6 is 12.2 Å². The molecular weight excluding hydrogens is 286 g/mol. The summed E-state index contributed by atoms with van der Waals surface area (Å²) in [5, 5.41) is 2.87. The van der Waals surface area contributed by atoms with Crippen molar-refractivity contribution in [3.8, 4) is 0 Å². The molecule has 116 valence electrons. The standard InChI is InChI=1S/C15H23N3O2S/c1-4-20-9-8-18(3)11(2)15(19)17-13-7-5-6-12(10-13)14(16)21/h5-7,10-11H,4,8-9H2,1-3H3,(H2,16,21)(H,17,19). The fourth-order valence-electron chi connectivity index (χ4n) is 1.74. The Balaban J connectivity index is 2.59. The number of anilines is 1. The summed E-state index contributed by atoms with van der Waals surface area (Å²) in [5.74, 6) is -0.0749. The van der Waals surface area contributed by atoms with Gasteiger partial charge in [-0.1, -0.05) is 24.4 Å². The van der Waals surface area contributed by atoms with Crippen molar-refractivity contribution in [1.29, 1.82) is 0 Å². The SMILES string of the molecule is CCOCCN(C)C(C)C(=O)Nc1cccc(C(N)=S)c1. The number of nitrogens with zero attached hydrogens (tertiary/aromatic N) is 1. The van der Waals surface area contributed by atoms with Gasteiger partial charge in [-0.3, -0.25) is 9.69 Å². The number of likely N-dealkylation sites (N-methyl/N-ethyl adjacent to an activating group) is 1. The zero-order valence-electron chi connectivity index (χ0n) is 12.8. The fraction of sp³-hybridized carbons (Fsp3) is 0.467. The number of hydrogen-bond acceptors (Lipinski definition) is 4. The lowest BCUT2D eigenvalue weighted by Gasteiger charge is -2.23. The molecule has 0 bridgehead atoms. The second-order valence-corrected chi connectivity index (χ2v) is 5.23. The molecule has 1 atom stereocenters. The molecular formula is C15H23N3O2S. The summed E-state index contributed by atoms with van der Waals surface area (Å²) in [5.41, 5.74) is 7.01. The van der Waals surface area contributed by atoms with Crippen molar-refractivity contribution in [2.45, 2.75) is 19.9 Å². The van der Waals surface area contributed by atoms with Crippen molar-refractivity contribution in [3.63, 3.8) is 0 Å². The molecule has 1 amide bonds. The molecule has 6 heteroatoms. The lowest BCUT2D eigenvalue weighted by atomic mass is 10.2. The van der Waals surface area contributed by atoms with Crippen LogP contribution < -0.4 is 11.1 Å². The molecule has 0 aliphatic carbocycles. The number of nitrogens with two attached hydrogens (primary N) is 1. The Morgan fingerprint density at radius 1 is 1.52 bits per heavy atom. The van der Waals surface area contributed by atoms with Crippen LogP contribution in [0, 0.1) is 0 Å². The van der Waals surface area contributed by atoms with Crippen molar-refractivity contribution in [1.82, 2.24) is 4.90 Å². The molecule has 21 heavy (non-hydrogen) atoms. The van der Waals surface area contributed by atoms with Crippen molar-refractivity contribution >= 4 is 28.8 Å². The first kappa shape index (κ1) is 17.6. The first-order valence-electron chi connectivity index (χ1n) is 6.94. The second-order valence-electron chi connectivity index (χ2n) is 4.79. The zero-order chi connectivity index (χ0) is 15.8. The van der Waals surface area contributed by atoms with E-state index < -0.39 is 0 Å². The third-order valence-corrected chi connectivity index (χ3v) is 3.48. The monoisotopic (exact) mass is 309 g/mol. The number of thiocarbonyl (C=S) groups is 1. The molecule has 1 rings (SSSR count). The number of benzene rings is 1. The van der Waals surface area contributed by atoms with Gasteiger partial charge in [-0.05, 0) is 33.0 Å². The number of nitrogens with one attached hydrogen (secondary N) is 1. The maximum absolute atomic E-state index is 12.2. The van der Waals surface area contributed by atoms with Gasteiger partial charge in [0.25, 0.3) is 0 Å². The Morgan fingerprint density at radius 2 is 2.24 bits per heavy atom. The van der Waals surface area contributed by atoms with E-state index in [0.717, 1.165) is 5.56 Å². The molecule has 0 fully saturated rings. The summed E-state index contributed by atoms with van der Waals surface area (Å²) < 4.78 is 5.29. The normalized spacial score (nSPS) is 12.2. The maximum Gasteiger partial charge on any atom is 0.241 e. The lowest BCUT2D eigenvalue weighted by Crippen LogP contribution is -2.41. The molecule has 0 saturated carbocycles. The van der Waals surface area contributed by atoms with E-state index in [-0.39, 0.29) is 11.9 Å². The Bertz CT molecular complexity index is 494. The van der Waals surface area contributed by atoms with E-state index in [9.17, 15) is 4.79 Å². The number of carbonyl (C=O) groups excluding carboxylic acids is 1. The average Bonchev–Trinajstić information content (AvgIpc) is 2.46.